The van der Waals surface area contributed by atoms with E-state index < -0.39 is 41.9 Å². The molecule has 7 rings (SSSR count). The van der Waals surface area contributed by atoms with Gasteiger partial charge in [-0.2, -0.15) is 8.78 Å². The zero-order valence-corrected chi connectivity index (χ0v) is 19.6. The first-order valence-corrected chi connectivity index (χ1v) is 13.1. The molecule has 7 fully saturated rings. The minimum atomic E-state index is -3.59. The second-order valence-electron chi connectivity index (χ2n) is 12.5. The lowest BCUT2D eigenvalue weighted by molar-refractivity contribution is -0.186. The van der Waals surface area contributed by atoms with Gasteiger partial charge in [-0.1, -0.05) is 13.3 Å². The second-order valence-corrected chi connectivity index (χ2v) is 12.5. The van der Waals surface area contributed by atoms with E-state index in [4.69, 9.17) is 14.2 Å². The summed E-state index contributed by atoms with van der Waals surface area (Å²) in [5, 5.41) is 0. The number of ether oxygens (including phenoxy) is 3. The van der Waals surface area contributed by atoms with Crippen molar-refractivity contribution in [3.63, 3.8) is 0 Å². The Morgan fingerprint density at radius 1 is 1.09 bits per heavy atom. The average Bonchev–Trinajstić information content (AvgIpc) is 3.06. The van der Waals surface area contributed by atoms with Crippen molar-refractivity contribution in [2.24, 2.45) is 58.7 Å². The third-order valence-electron chi connectivity index (χ3n) is 11.1. The second kappa shape index (κ2) is 6.73. The van der Waals surface area contributed by atoms with Gasteiger partial charge in [-0.05, 0) is 79.4 Å². The Morgan fingerprint density at radius 2 is 1.88 bits per heavy atom. The van der Waals surface area contributed by atoms with Gasteiger partial charge in [0.05, 0.1) is 11.8 Å². The summed E-state index contributed by atoms with van der Waals surface area (Å²) >= 11 is 0. The Bertz CT molecular complexity index is 955. The summed E-state index contributed by atoms with van der Waals surface area (Å²) in [7, 11) is 0. The van der Waals surface area contributed by atoms with Crippen molar-refractivity contribution in [3.8, 4) is 0 Å². The van der Waals surface area contributed by atoms with E-state index >= 15 is 0 Å². The fourth-order valence-electron chi connectivity index (χ4n) is 9.97. The van der Waals surface area contributed by atoms with E-state index in [9.17, 15) is 23.2 Å². The highest BCUT2D eigenvalue weighted by Crippen LogP contribution is 2.74. The molecule has 0 radical (unpaired) electrons. The first-order chi connectivity index (χ1) is 16.1. The SMILES string of the molecule is CCC1CC2CC3CC(OC(=O)C4C5C(=O)OC6C(OC(=O)C(C)(F)F)CC7C4C7C65)CC12C3. The van der Waals surface area contributed by atoms with E-state index in [2.05, 4.69) is 6.92 Å². The molecule has 0 aromatic carbocycles. The maximum Gasteiger partial charge on any atom is 0.377 e. The highest BCUT2D eigenvalue weighted by Gasteiger charge is 2.79. The fraction of sp³-hybridized carbons (Fsp3) is 0.885. The lowest BCUT2D eigenvalue weighted by Crippen LogP contribution is -2.49. The van der Waals surface area contributed by atoms with Crippen molar-refractivity contribution in [3.05, 3.63) is 0 Å². The lowest BCUT2D eigenvalue weighted by atomic mass is 9.51. The summed E-state index contributed by atoms with van der Waals surface area (Å²) in [5.41, 5.74) is 0.354. The summed E-state index contributed by atoms with van der Waals surface area (Å²) in [5.74, 6) is -4.90. The van der Waals surface area contributed by atoms with Gasteiger partial charge in [0.1, 0.15) is 18.3 Å². The molecule has 0 amide bonds. The van der Waals surface area contributed by atoms with Gasteiger partial charge >= 0.3 is 23.8 Å². The third kappa shape index (κ3) is 2.69. The molecule has 0 aromatic heterocycles. The number of hydrogen-bond donors (Lipinski definition) is 0. The Balaban J connectivity index is 1.07. The van der Waals surface area contributed by atoms with Gasteiger partial charge in [0.2, 0.25) is 0 Å². The summed E-state index contributed by atoms with van der Waals surface area (Å²) in [6.45, 7) is 2.77. The third-order valence-corrected chi connectivity index (χ3v) is 11.1. The maximum atomic E-state index is 13.5. The first-order valence-electron chi connectivity index (χ1n) is 13.1. The van der Waals surface area contributed by atoms with E-state index in [0.717, 1.165) is 24.7 Å². The molecule has 0 aromatic rings. The molecule has 8 heteroatoms. The van der Waals surface area contributed by atoms with Crippen LogP contribution in [0.2, 0.25) is 0 Å². The zero-order valence-electron chi connectivity index (χ0n) is 19.6. The van der Waals surface area contributed by atoms with Crippen molar-refractivity contribution in [2.75, 3.05) is 0 Å². The molecule has 7 aliphatic rings. The Morgan fingerprint density at radius 3 is 2.62 bits per heavy atom. The van der Waals surface area contributed by atoms with Crippen molar-refractivity contribution in [2.45, 2.75) is 83.0 Å². The largest absolute Gasteiger partial charge is 0.462 e. The van der Waals surface area contributed by atoms with Gasteiger partial charge in [0.15, 0.2) is 0 Å². The number of alkyl halides is 2. The summed E-state index contributed by atoms with van der Waals surface area (Å²) in [6.07, 6.45) is 5.59. The molecule has 13 unspecified atom stereocenters. The normalized spacial score (nSPS) is 53.4. The van der Waals surface area contributed by atoms with Crippen molar-refractivity contribution in [1.82, 2.24) is 0 Å². The quantitative estimate of drug-likeness (QED) is 0.442. The molecule has 1 spiro atoms. The van der Waals surface area contributed by atoms with Gasteiger partial charge in [-0.15, -0.1) is 0 Å². The molecular weight excluding hydrogens is 446 g/mol. The number of halogens is 2. The predicted molar refractivity (Wildman–Crippen MR) is 112 cm³/mol. The van der Waals surface area contributed by atoms with Crippen molar-refractivity contribution in [1.29, 1.82) is 0 Å². The Labute approximate surface area is 197 Å². The molecule has 34 heavy (non-hydrogen) atoms. The minimum Gasteiger partial charge on any atom is -0.462 e. The number of fused-ring (bicyclic) bond motifs is 2. The first kappa shape index (κ1) is 21.5. The molecule has 6 saturated carbocycles. The summed E-state index contributed by atoms with van der Waals surface area (Å²) in [4.78, 5) is 38.1. The summed E-state index contributed by atoms with van der Waals surface area (Å²) < 4.78 is 43.6. The predicted octanol–water partition coefficient (Wildman–Crippen LogP) is 3.76. The number of hydrogen-bond acceptors (Lipinski definition) is 6. The molecule has 1 aliphatic heterocycles. The molecule has 0 N–H and O–H groups in total. The van der Waals surface area contributed by atoms with Gasteiger partial charge < -0.3 is 14.2 Å². The number of esters is 3. The average molecular weight is 479 g/mol. The smallest absolute Gasteiger partial charge is 0.377 e. The topological polar surface area (TPSA) is 78.9 Å². The van der Waals surface area contributed by atoms with E-state index in [1.54, 1.807) is 0 Å². The van der Waals surface area contributed by atoms with Crippen LogP contribution >= 0.6 is 0 Å². The van der Waals surface area contributed by atoms with Crippen LogP contribution in [0.5, 0.6) is 0 Å². The lowest BCUT2D eigenvalue weighted by Gasteiger charge is -2.55. The molecule has 13 atom stereocenters. The molecule has 6 aliphatic carbocycles. The van der Waals surface area contributed by atoms with Gasteiger partial charge in [0, 0.05) is 12.8 Å². The van der Waals surface area contributed by atoms with Crippen LogP contribution in [0.25, 0.3) is 0 Å². The van der Waals surface area contributed by atoms with Crippen LogP contribution in [0.4, 0.5) is 8.78 Å². The zero-order chi connectivity index (χ0) is 23.7. The number of carbonyl (C=O) groups is 3. The standard InChI is InChI=1S/C26H32F2O6/c1-3-11-6-12-4-10-5-13(9-26(11,12)8-10)32-22(29)19-17-14-7-15(33-24(31)25(2,27)28)21-18(16(14)17)20(19)23(30)34-21/h10-21H,3-9H2,1-2H3. The maximum absolute atomic E-state index is 13.5. The van der Waals surface area contributed by atoms with Crippen LogP contribution < -0.4 is 0 Å². The molecule has 6 nitrogen and oxygen atoms in total. The Kier molecular flexibility index (Phi) is 4.26. The Hall–Kier alpha value is -1.73. The van der Waals surface area contributed by atoms with Gasteiger partial charge in [-0.3, -0.25) is 9.59 Å². The van der Waals surface area contributed by atoms with E-state index in [-0.39, 0.29) is 35.7 Å². The summed E-state index contributed by atoms with van der Waals surface area (Å²) in [6, 6.07) is 0. The van der Waals surface area contributed by atoms with Crippen molar-refractivity contribution >= 4 is 17.9 Å². The fourth-order valence-corrected chi connectivity index (χ4v) is 9.97. The van der Waals surface area contributed by atoms with Crippen LogP contribution in [-0.2, 0) is 28.6 Å². The van der Waals surface area contributed by atoms with E-state index in [1.165, 1.54) is 25.7 Å². The number of rotatable bonds is 5. The van der Waals surface area contributed by atoms with Crippen LogP contribution in [-0.4, -0.2) is 42.1 Å². The van der Waals surface area contributed by atoms with Crippen LogP contribution in [0.3, 0.4) is 0 Å². The molecule has 186 valence electrons. The minimum absolute atomic E-state index is 0.00186. The highest BCUT2D eigenvalue weighted by molar-refractivity contribution is 5.86. The molecular formula is C26H32F2O6. The van der Waals surface area contributed by atoms with Crippen LogP contribution in [0, 0.1) is 58.7 Å². The van der Waals surface area contributed by atoms with E-state index in [0.29, 0.717) is 24.7 Å². The molecule has 1 saturated heterocycles. The van der Waals surface area contributed by atoms with Crippen LogP contribution in [0.1, 0.15) is 58.8 Å². The molecule has 2 bridgehead atoms. The monoisotopic (exact) mass is 478 g/mol. The van der Waals surface area contributed by atoms with Crippen molar-refractivity contribution < 1.29 is 37.4 Å². The molecule has 1 heterocycles. The highest BCUT2D eigenvalue weighted by atomic mass is 19.3. The van der Waals surface area contributed by atoms with Crippen LogP contribution in [0.15, 0.2) is 0 Å². The van der Waals surface area contributed by atoms with Gasteiger partial charge in [-0.25, -0.2) is 4.79 Å². The van der Waals surface area contributed by atoms with Gasteiger partial charge in [0.25, 0.3) is 0 Å². The number of carbonyl (C=O) groups excluding carboxylic acids is 3. The van der Waals surface area contributed by atoms with E-state index in [1.807, 2.05) is 0 Å².